The Hall–Kier alpha value is -2.06. The third-order valence-electron chi connectivity index (χ3n) is 2.12. The number of urea groups is 1. The van der Waals surface area contributed by atoms with E-state index in [9.17, 15) is 4.79 Å². The van der Waals surface area contributed by atoms with Crippen molar-refractivity contribution in [3.8, 4) is 11.8 Å². The van der Waals surface area contributed by atoms with Gasteiger partial charge in [0.25, 0.3) is 0 Å². The molecule has 5 nitrogen and oxygen atoms in total. The lowest BCUT2D eigenvalue weighted by Gasteiger charge is -2.14. The van der Waals surface area contributed by atoms with Crippen LogP contribution >= 0.6 is 0 Å². The van der Waals surface area contributed by atoms with Gasteiger partial charge >= 0.3 is 6.03 Å². The molecular formula is C12H16N4O. The summed E-state index contributed by atoms with van der Waals surface area (Å²) >= 11 is 0. The molecule has 2 amide bonds. The molecule has 0 saturated carbocycles. The molecule has 17 heavy (non-hydrogen) atoms. The quantitative estimate of drug-likeness (QED) is 0.743. The minimum Gasteiger partial charge on any atom is -0.328 e. The van der Waals surface area contributed by atoms with E-state index in [1.165, 1.54) is 0 Å². The van der Waals surface area contributed by atoms with Crippen molar-refractivity contribution in [2.75, 3.05) is 25.5 Å². The highest BCUT2D eigenvalue weighted by molar-refractivity contribution is 5.88. The highest BCUT2D eigenvalue weighted by atomic mass is 16.2. The van der Waals surface area contributed by atoms with E-state index in [0.29, 0.717) is 18.1 Å². The average molecular weight is 232 g/mol. The average Bonchev–Trinajstić information content (AvgIpc) is 2.35. The van der Waals surface area contributed by atoms with Gasteiger partial charge in [-0.1, -0.05) is 12.0 Å². The van der Waals surface area contributed by atoms with Crippen molar-refractivity contribution in [3.05, 3.63) is 23.9 Å². The van der Waals surface area contributed by atoms with E-state index in [1.807, 2.05) is 6.92 Å². The van der Waals surface area contributed by atoms with Crippen LogP contribution < -0.4 is 11.1 Å². The van der Waals surface area contributed by atoms with Crippen LogP contribution in [0.5, 0.6) is 0 Å². The van der Waals surface area contributed by atoms with Crippen molar-refractivity contribution < 1.29 is 4.79 Å². The molecule has 0 aromatic carbocycles. The monoisotopic (exact) mass is 232 g/mol. The lowest BCUT2D eigenvalue weighted by molar-refractivity contribution is 0.224. The molecule has 0 aliphatic rings. The van der Waals surface area contributed by atoms with Crippen LogP contribution in [-0.4, -0.2) is 36.1 Å². The van der Waals surface area contributed by atoms with Gasteiger partial charge in [-0.05, 0) is 25.0 Å². The van der Waals surface area contributed by atoms with Gasteiger partial charge in [-0.2, -0.15) is 0 Å². The van der Waals surface area contributed by atoms with Crippen molar-refractivity contribution >= 4 is 11.8 Å². The Balaban J connectivity index is 2.75. The Morgan fingerprint density at radius 3 is 3.00 bits per heavy atom. The number of hydrogen-bond acceptors (Lipinski definition) is 3. The molecule has 90 valence electrons. The summed E-state index contributed by atoms with van der Waals surface area (Å²) in [6, 6.07) is 5.08. The predicted molar refractivity (Wildman–Crippen MR) is 67.5 cm³/mol. The molecule has 0 unspecified atom stereocenters. The third-order valence-corrected chi connectivity index (χ3v) is 2.12. The lowest BCUT2D eigenvalue weighted by Crippen LogP contribution is -2.31. The first kappa shape index (κ1) is 13.0. The predicted octanol–water partition coefficient (Wildman–Crippen LogP) is 0.875. The second-order valence-corrected chi connectivity index (χ2v) is 3.36. The van der Waals surface area contributed by atoms with E-state index in [0.717, 1.165) is 0 Å². The van der Waals surface area contributed by atoms with Crippen LogP contribution in [0.1, 0.15) is 12.6 Å². The van der Waals surface area contributed by atoms with Crippen molar-refractivity contribution in [3.63, 3.8) is 0 Å². The number of amides is 2. The minimum absolute atomic E-state index is 0.191. The van der Waals surface area contributed by atoms with Gasteiger partial charge in [0.1, 0.15) is 11.5 Å². The van der Waals surface area contributed by atoms with Gasteiger partial charge in [0.05, 0.1) is 6.54 Å². The smallest absolute Gasteiger partial charge is 0.322 e. The number of nitrogens with two attached hydrogens (primary N) is 1. The number of nitrogens with zero attached hydrogens (tertiary/aromatic N) is 2. The summed E-state index contributed by atoms with van der Waals surface area (Å²) < 4.78 is 0. The number of nitrogens with one attached hydrogen (secondary N) is 1. The first-order valence-corrected chi connectivity index (χ1v) is 5.35. The van der Waals surface area contributed by atoms with Gasteiger partial charge in [-0.3, -0.25) is 5.32 Å². The molecule has 0 radical (unpaired) electrons. The molecule has 1 rings (SSSR count). The largest absolute Gasteiger partial charge is 0.328 e. The molecule has 1 aromatic heterocycles. The molecule has 0 spiro atoms. The van der Waals surface area contributed by atoms with Crippen LogP contribution in [0.4, 0.5) is 10.6 Å². The van der Waals surface area contributed by atoms with E-state index in [1.54, 1.807) is 30.1 Å². The summed E-state index contributed by atoms with van der Waals surface area (Å²) in [7, 11) is 1.72. The first-order valence-electron chi connectivity index (χ1n) is 5.35. The maximum Gasteiger partial charge on any atom is 0.322 e. The fourth-order valence-electron chi connectivity index (χ4n) is 1.06. The van der Waals surface area contributed by atoms with Gasteiger partial charge in [-0.15, -0.1) is 0 Å². The molecule has 0 aliphatic heterocycles. The summed E-state index contributed by atoms with van der Waals surface area (Å²) in [4.78, 5) is 17.3. The molecule has 3 N–H and O–H groups in total. The van der Waals surface area contributed by atoms with Gasteiger partial charge in [-0.25, -0.2) is 9.78 Å². The van der Waals surface area contributed by atoms with Crippen LogP contribution in [-0.2, 0) is 0 Å². The van der Waals surface area contributed by atoms with Crippen molar-refractivity contribution in [1.82, 2.24) is 9.88 Å². The molecule has 0 atom stereocenters. The van der Waals surface area contributed by atoms with Gasteiger partial charge in [0.2, 0.25) is 0 Å². The van der Waals surface area contributed by atoms with Gasteiger partial charge in [0.15, 0.2) is 0 Å². The number of carbonyl (C=O) groups is 1. The zero-order valence-electron chi connectivity index (χ0n) is 10.0. The van der Waals surface area contributed by atoms with Crippen molar-refractivity contribution in [2.45, 2.75) is 6.92 Å². The number of carbonyl (C=O) groups excluding carboxylic acids is 1. The highest BCUT2D eigenvalue weighted by Crippen LogP contribution is 2.04. The summed E-state index contributed by atoms with van der Waals surface area (Å²) in [5.74, 6) is 6.01. The van der Waals surface area contributed by atoms with Gasteiger partial charge in [0, 0.05) is 13.6 Å². The zero-order chi connectivity index (χ0) is 12.7. The third kappa shape index (κ3) is 4.13. The van der Waals surface area contributed by atoms with E-state index in [2.05, 4.69) is 22.1 Å². The van der Waals surface area contributed by atoms with E-state index < -0.39 is 0 Å². The fraction of sp³-hybridized carbons (Fsp3) is 0.333. The maximum absolute atomic E-state index is 11.6. The fourth-order valence-corrected chi connectivity index (χ4v) is 1.06. The SMILES string of the molecule is CCN(C)C(=O)Nc1cccc(C#CCN)n1. The summed E-state index contributed by atoms with van der Waals surface area (Å²) in [6.07, 6.45) is 0. The molecule has 1 aromatic rings. The number of pyridine rings is 1. The number of rotatable bonds is 2. The standard InChI is InChI=1S/C12H16N4O/c1-3-16(2)12(17)15-11-8-4-6-10(14-11)7-5-9-13/h4,6,8H,3,9,13H2,1-2H3,(H,14,15,17). The van der Waals surface area contributed by atoms with Crippen molar-refractivity contribution in [2.24, 2.45) is 5.73 Å². The Labute approximate surface area is 101 Å². The van der Waals surface area contributed by atoms with Gasteiger partial charge < -0.3 is 10.6 Å². The lowest BCUT2D eigenvalue weighted by atomic mass is 10.3. The Bertz CT molecular complexity index is 447. The van der Waals surface area contributed by atoms with Crippen LogP contribution in [0.2, 0.25) is 0 Å². The van der Waals surface area contributed by atoms with Crippen LogP contribution in [0, 0.1) is 11.8 Å². The molecular weight excluding hydrogens is 216 g/mol. The zero-order valence-corrected chi connectivity index (χ0v) is 10.0. The van der Waals surface area contributed by atoms with Crippen molar-refractivity contribution in [1.29, 1.82) is 0 Å². The van der Waals surface area contributed by atoms with E-state index in [4.69, 9.17) is 5.73 Å². The number of aromatic nitrogens is 1. The molecule has 1 heterocycles. The maximum atomic E-state index is 11.6. The second kappa shape index (κ2) is 6.51. The molecule has 0 saturated heterocycles. The normalized spacial score (nSPS) is 9.12. The van der Waals surface area contributed by atoms with Crippen LogP contribution in [0.3, 0.4) is 0 Å². The number of anilines is 1. The Kier molecular flexibility index (Phi) is 4.98. The summed E-state index contributed by atoms with van der Waals surface area (Å²) in [6.45, 7) is 2.82. The molecule has 0 aliphatic carbocycles. The van der Waals surface area contributed by atoms with Crippen LogP contribution in [0.15, 0.2) is 18.2 Å². The molecule has 0 fully saturated rings. The summed E-state index contributed by atoms with van der Waals surface area (Å²) in [5, 5.41) is 2.69. The molecule has 5 heteroatoms. The highest BCUT2D eigenvalue weighted by Gasteiger charge is 2.06. The van der Waals surface area contributed by atoms with E-state index in [-0.39, 0.29) is 12.6 Å². The Morgan fingerprint density at radius 1 is 1.59 bits per heavy atom. The minimum atomic E-state index is -0.191. The first-order chi connectivity index (χ1) is 8.17. The second-order valence-electron chi connectivity index (χ2n) is 3.36. The summed E-state index contributed by atoms with van der Waals surface area (Å²) in [5.41, 5.74) is 5.87. The van der Waals surface area contributed by atoms with Crippen LogP contribution in [0.25, 0.3) is 0 Å². The van der Waals surface area contributed by atoms with E-state index >= 15 is 0 Å². The number of hydrogen-bond donors (Lipinski definition) is 2. The molecule has 0 bridgehead atoms. The Morgan fingerprint density at radius 2 is 2.35 bits per heavy atom. The topological polar surface area (TPSA) is 71.2 Å².